The number of likely N-dealkylation sites (tertiary alicyclic amines) is 1. The molecule has 1 N–H and O–H groups in total. The van der Waals surface area contributed by atoms with Crippen LogP contribution in [0.25, 0.3) is 0 Å². The summed E-state index contributed by atoms with van der Waals surface area (Å²) in [4.78, 5) is 31.7. The van der Waals surface area contributed by atoms with Crippen molar-refractivity contribution in [1.82, 2.24) is 9.88 Å². The fourth-order valence-electron chi connectivity index (χ4n) is 3.71. The third-order valence-electron chi connectivity index (χ3n) is 5.28. The third kappa shape index (κ3) is 3.35. The maximum absolute atomic E-state index is 13.2. The Kier molecular flexibility index (Phi) is 4.71. The molecule has 136 valence electrons. The molecule has 1 aromatic carbocycles. The summed E-state index contributed by atoms with van der Waals surface area (Å²) in [5.74, 6) is -0.108. The highest BCUT2D eigenvalue weighted by Crippen LogP contribution is 2.50. The van der Waals surface area contributed by atoms with Gasteiger partial charge in [0.05, 0.1) is 11.3 Å². The van der Waals surface area contributed by atoms with Crippen LogP contribution in [0.1, 0.15) is 31.2 Å². The highest BCUT2D eigenvalue weighted by Gasteiger charge is 2.53. The van der Waals surface area contributed by atoms with Gasteiger partial charge in [-0.15, -0.1) is 11.3 Å². The molecular formula is C19H20ClN3O2S. The monoisotopic (exact) mass is 389 g/mol. The molecule has 1 atom stereocenters. The van der Waals surface area contributed by atoms with E-state index in [1.165, 1.54) is 11.3 Å². The van der Waals surface area contributed by atoms with E-state index in [-0.39, 0.29) is 17.7 Å². The number of amides is 2. The molecule has 26 heavy (non-hydrogen) atoms. The minimum atomic E-state index is -0.446. The first-order valence-corrected chi connectivity index (χ1v) is 10.1. The van der Waals surface area contributed by atoms with Crippen LogP contribution >= 0.6 is 22.9 Å². The number of benzene rings is 1. The van der Waals surface area contributed by atoms with E-state index in [0.29, 0.717) is 23.2 Å². The Bertz CT molecular complexity index is 820. The van der Waals surface area contributed by atoms with Crippen LogP contribution in [-0.2, 0) is 15.0 Å². The number of nitrogens with one attached hydrogen (secondary N) is 1. The molecule has 2 aromatic rings. The zero-order chi connectivity index (χ0) is 18.1. The van der Waals surface area contributed by atoms with Gasteiger partial charge >= 0.3 is 0 Å². The maximum atomic E-state index is 13.2. The van der Waals surface area contributed by atoms with Crippen molar-refractivity contribution in [1.29, 1.82) is 0 Å². The van der Waals surface area contributed by atoms with Crippen molar-refractivity contribution < 1.29 is 9.59 Å². The lowest BCUT2D eigenvalue weighted by atomic mass is 9.91. The minimum Gasteiger partial charge on any atom is -0.341 e. The molecule has 1 aliphatic carbocycles. The van der Waals surface area contributed by atoms with Crippen molar-refractivity contribution in [2.45, 2.75) is 31.1 Å². The number of anilines is 1. The molecule has 4 rings (SSSR count). The molecule has 1 aliphatic heterocycles. The second kappa shape index (κ2) is 7.00. The quantitative estimate of drug-likeness (QED) is 0.867. The molecule has 0 bridgehead atoms. The molecule has 5 nitrogen and oxygen atoms in total. The van der Waals surface area contributed by atoms with E-state index >= 15 is 0 Å². The number of hydrogen-bond acceptors (Lipinski definition) is 4. The lowest BCUT2D eigenvalue weighted by Crippen LogP contribution is -2.47. The van der Waals surface area contributed by atoms with Gasteiger partial charge in [0.15, 0.2) is 5.13 Å². The average molecular weight is 390 g/mol. The van der Waals surface area contributed by atoms with Crippen LogP contribution in [0.4, 0.5) is 5.13 Å². The first-order valence-electron chi connectivity index (χ1n) is 8.84. The Balaban J connectivity index is 1.46. The van der Waals surface area contributed by atoms with Crippen LogP contribution in [0.2, 0.25) is 5.02 Å². The van der Waals surface area contributed by atoms with Crippen molar-refractivity contribution in [2.24, 2.45) is 5.92 Å². The fourth-order valence-corrected chi connectivity index (χ4v) is 4.43. The highest BCUT2D eigenvalue weighted by molar-refractivity contribution is 7.13. The summed E-state index contributed by atoms with van der Waals surface area (Å²) in [6.07, 6.45) is 4.99. The Hall–Kier alpha value is -1.92. The lowest BCUT2D eigenvalue weighted by molar-refractivity contribution is -0.137. The average Bonchev–Trinajstić information content (AvgIpc) is 3.32. The molecule has 0 unspecified atom stereocenters. The number of hydrogen-bond donors (Lipinski definition) is 1. The van der Waals surface area contributed by atoms with Crippen LogP contribution in [0.5, 0.6) is 0 Å². The van der Waals surface area contributed by atoms with Crippen LogP contribution in [0.15, 0.2) is 35.8 Å². The van der Waals surface area contributed by atoms with E-state index in [2.05, 4.69) is 10.3 Å². The van der Waals surface area contributed by atoms with E-state index in [0.717, 1.165) is 31.2 Å². The van der Waals surface area contributed by atoms with Gasteiger partial charge in [0, 0.05) is 29.7 Å². The van der Waals surface area contributed by atoms with E-state index in [9.17, 15) is 9.59 Å². The van der Waals surface area contributed by atoms with Crippen molar-refractivity contribution in [2.75, 3.05) is 18.4 Å². The molecule has 2 heterocycles. The number of carbonyl (C=O) groups excluding carboxylic acids is 2. The number of thiazole rings is 1. The van der Waals surface area contributed by atoms with Crippen molar-refractivity contribution in [3.63, 3.8) is 0 Å². The van der Waals surface area contributed by atoms with E-state index in [4.69, 9.17) is 11.6 Å². The van der Waals surface area contributed by atoms with Crippen molar-refractivity contribution in [3.05, 3.63) is 46.4 Å². The fraction of sp³-hybridized carbons (Fsp3) is 0.421. The summed E-state index contributed by atoms with van der Waals surface area (Å²) in [7, 11) is 0. The first-order chi connectivity index (χ1) is 12.6. The molecule has 2 aliphatic rings. The molecule has 1 saturated carbocycles. The van der Waals surface area contributed by atoms with Gasteiger partial charge in [-0.25, -0.2) is 4.98 Å². The molecule has 0 spiro atoms. The summed E-state index contributed by atoms with van der Waals surface area (Å²) >= 11 is 7.52. The number of halogens is 1. The van der Waals surface area contributed by atoms with Gasteiger partial charge in [-0.3, -0.25) is 9.59 Å². The summed E-state index contributed by atoms with van der Waals surface area (Å²) in [5, 5.41) is 5.95. The van der Waals surface area contributed by atoms with E-state index in [1.807, 2.05) is 34.5 Å². The third-order valence-corrected chi connectivity index (χ3v) is 6.20. The summed E-state index contributed by atoms with van der Waals surface area (Å²) < 4.78 is 0. The first kappa shape index (κ1) is 17.5. The summed E-state index contributed by atoms with van der Waals surface area (Å²) in [6, 6.07) is 7.59. The Morgan fingerprint density at radius 3 is 2.88 bits per heavy atom. The van der Waals surface area contributed by atoms with Crippen molar-refractivity contribution >= 4 is 39.9 Å². The van der Waals surface area contributed by atoms with E-state index < -0.39 is 5.41 Å². The minimum absolute atomic E-state index is 0.0509. The lowest BCUT2D eigenvalue weighted by Gasteiger charge is -2.34. The van der Waals surface area contributed by atoms with Crippen molar-refractivity contribution in [3.8, 4) is 0 Å². The van der Waals surface area contributed by atoms with Gasteiger partial charge in [-0.1, -0.05) is 23.7 Å². The zero-order valence-corrected chi connectivity index (χ0v) is 15.9. The van der Waals surface area contributed by atoms with Crippen LogP contribution in [0, 0.1) is 5.92 Å². The molecule has 1 saturated heterocycles. The molecule has 2 fully saturated rings. The molecule has 0 radical (unpaired) electrons. The molecular weight excluding hydrogens is 370 g/mol. The van der Waals surface area contributed by atoms with Gasteiger partial charge in [0.25, 0.3) is 0 Å². The van der Waals surface area contributed by atoms with Crippen LogP contribution < -0.4 is 5.32 Å². The zero-order valence-electron chi connectivity index (χ0n) is 14.3. The van der Waals surface area contributed by atoms with Gasteiger partial charge in [0.1, 0.15) is 0 Å². The predicted molar refractivity (Wildman–Crippen MR) is 102 cm³/mol. The largest absolute Gasteiger partial charge is 0.341 e. The number of piperidine rings is 1. The summed E-state index contributed by atoms with van der Waals surface area (Å²) in [5.41, 5.74) is 0.544. The molecule has 2 amide bonds. The number of nitrogens with zero attached hydrogens (tertiary/aromatic N) is 2. The Labute approximate surface area is 161 Å². The smallest absolute Gasteiger partial charge is 0.233 e. The normalized spacial score (nSPS) is 21.3. The summed E-state index contributed by atoms with van der Waals surface area (Å²) in [6.45, 7) is 1.18. The number of carbonyl (C=O) groups is 2. The van der Waals surface area contributed by atoms with Gasteiger partial charge in [0.2, 0.25) is 11.8 Å². The maximum Gasteiger partial charge on any atom is 0.233 e. The van der Waals surface area contributed by atoms with Gasteiger partial charge in [-0.2, -0.15) is 0 Å². The highest BCUT2D eigenvalue weighted by atomic mass is 35.5. The Morgan fingerprint density at radius 2 is 2.19 bits per heavy atom. The topological polar surface area (TPSA) is 62.3 Å². The predicted octanol–water partition coefficient (Wildman–Crippen LogP) is 3.71. The standard InChI is InChI=1S/C19H20ClN3O2S/c20-15-5-1-4-14(11-15)19(6-7-19)17(25)23-9-2-3-13(12-23)16(24)22-18-21-8-10-26-18/h1,4-5,8,10-11,13H,2-3,6-7,9,12H2,(H,21,22,24)/t13-/m1/s1. The van der Waals surface area contributed by atoms with Gasteiger partial charge < -0.3 is 10.2 Å². The van der Waals surface area contributed by atoms with Gasteiger partial charge in [-0.05, 0) is 43.4 Å². The van der Waals surface area contributed by atoms with Crippen LogP contribution in [0.3, 0.4) is 0 Å². The second-order valence-corrected chi connectivity index (χ2v) is 8.34. The number of aromatic nitrogens is 1. The molecule has 7 heteroatoms. The van der Waals surface area contributed by atoms with E-state index in [1.54, 1.807) is 6.20 Å². The number of rotatable bonds is 4. The second-order valence-electron chi connectivity index (χ2n) is 7.01. The molecule has 1 aromatic heterocycles. The van der Waals surface area contributed by atoms with Crippen LogP contribution in [-0.4, -0.2) is 34.8 Å². The Morgan fingerprint density at radius 1 is 1.35 bits per heavy atom. The SMILES string of the molecule is O=C(Nc1nccs1)[C@@H]1CCCN(C(=O)C2(c3cccc(Cl)c3)CC2)C1.